The summed E-state index contributed by atoms with van der Waals surface area (Å²) in [7, 11) is 0. The molecule has 1 spiro atoms. The predicted molar refractivity (Wildman–Crippen MR) is 97.7 cm³/mol. The van der Waals surface area contributed by atoms with Crippen LogP contribution in [0.25, 0.3) is 6.08 Å². The number of aryl methyl sites for hydroxylation is 1. The van der Waals surface area contributed by atoms with E-state index in [4.69, 9.17) is 16.3 Å². The van der Waals surface area contributed by atoms with E-state index in [0.717, 1.165) is 60.9 Å². The molecule has 0 bridgehead atoms. The summed E-state index contributed by atoms with van der Waals surface area (Å²) in [6, 6.07) is 4.10. The van der Waals surface area contributed by atoms with E-state index in [1.54, 1.807) is 0 Å². The van der Waals surface area contributed by atoms with Gasteiger partial charge in [0.15, 0.2) is 0 Å². The molecule has 130 valence electrons. The van der Waals surface area contributed by atoms with E-state index in [2.05, 4.69) is 12.2 Å². The summed E-state index contributed by atoms with van der Waals surface area (Å²) in [6.07, 6.45) is 5.88. The smallest absolute Gasteiger partial charge is 0.319 e. The van der Waals surface area contributed by atoms with Gasteiger partial charge in [0.25, 0.3) is 0 Å². The molecule has 0 unspecified atom stereocenters. The zero-order chi connectivity index (χ0) is 17.3. The van der Waals surface area contributed by atoms with Gasteiger partial charge in [-0.25, -0.2) is 4.79 Å². The molecule has 2 aliphatic heterocycles. The van der Waals surface area contributed by atoms with E-state index < -0.39 is 0 Å². The van der Waals surface area contributed by atoms with Gasteiger partial charge in [-0.3, -0.25) is 0 Å². The molecule has 24 heavy (non-hydrogen) atoms. The van der Waals surface area contributed by atoms with Crippen molar-refractivity contribution in [3.05, 3.63) is 34.4 Å². The average Bonchev–Trinajstić information content (AvgIpc) is 2.58. The molecule has 0 N–H and O–H groups in total. The predicted octanol–water partition coefficient (Wildman–Crippen LogP) is 4.35. The van der Waals surface area contributed by atoms with Crippen LogP contribution in [0.1, 0.15) is 37.8 Å². The number of likely N-dealkylation sites (tertiary alicyclic amines) is 1. The van der Waals surface area contributed by atoms with Gasteiger partial charge in [0.2, 0.25) is 0 Å². The molecule has 2 aliphatic rings. The van der Waals surface area contributed by atoms with Crippen molar-refractivity contribution in [1.29, 1.82) is 0 Å². The lowest BCUT2D eigenvalue weighted by Crippen LogP contribution is -2.52. The fourth-order valence-electron chi connectivity index (χ4n) is 3.42. The number of piperidine rings is 1. The Kier molecular flexibility index (Phi) is 4.77. The fourth-order valence-corrected chi connectivity index (χ4v) is 3.60. The number of carbonyl (C=O) groups excluding carboxylic acids is 1. The van der Waals surface area contributed by atoms with Crippen LogP contribution in [0.5, 0.6) is 5.75 Å². The first-order valence-electron chi connectivity index (χ1n) is 8.70. The second kappa shape index (κ2) is 6.67. The SMILES string of the molecule is CCN(CC)C(=O)N1CCC2(C=Cc3cc(Cl)c(C)cc3O2)CC1. The van der Waals surface area contributed by atoms with Crippen molar-refractivity contribution in [1.82, 2.24) is 9.80 Å². The van der Waals surface area contributed by atoms with Crippen LogP contribution in [0.15, 0.2) is 18.2 Å². The minimum absolute atomic E-state index is 0.137. The van der Waals surface area contributed by atoms with Crippen molar-refractivity contribution in [2.75, 3.05) is 26.2 Å². The van der Waals surface area contributed by atoms with Crippen molar-refractivity contribution in [3.63, 3.8) is 0 Å². The lowest BCUT2D eigenvalue weighted by molar-refractivity contribution is 0.0436. The van der Waals surface area contributed by atoms with Crippen LogP contribution in [-0.2, 0) is 0 Å². The summed E-state index contributed by atoms with van der Waals surface area (Å²) in [4.78, 5) is 16.3. The first-order chi connectivity index (χ1) is 11.5. The largest absolute Gasteiger partial charge is 0.482 e. The standard InChI is InChI=1S/C19H25ClN2O2/c1-4-21(5-2)18(23)22-10-8-19(9-11-22)7-6-15-13-16(20)14(3)12-17(15)24-19/h6-7,12-13H,4-5,8-11H2,1-3H3. The van der Waals surface area contributed by atoms with Gasteiger partial charge in [-0.1, -0.05) is 17.7 Å². The number of nitrogens with zero attached hydrogens (tertiary/aromatic N) is 2. The molecule has 5 heteroatoms. The molecular formula is C19H25ClN2O2. The van der Waals surface area contributed by atoms with Crippen molar-refractivity contribution in [2.24, 2.45) is 0 Å². The number of fused-ring (bicyclic) bond motifs is 1. The first-order valence-corrected chi connectivity index (χ1v) is 9.08. The zero-order valence-electron chi connectivity index (χ0n) is 14.6. The Morgan fingerprint density at radius 3 is 2.58 bits per heavy atom. The number of urea groups is 1. The van der Waals surface area contributed by atoms with Crippen LogP contribution in [-0.4, -0.2) is 47.6 Å². The maximum absolute atomic E-state index is 12.5. The molecule has 0 aliphatic carbocycles. The topological polar surface area (TPSA) is 32.8 Å². The Hall–Kier alpha value is -1.68. The van der Waals surface area contributed by atoms with Crippen LogP contribution >= 0.6 is 11.6 Å². The van der Waals surface area contributed by atoms with Crippen molar-refractivity contribution in [3.8, 4) is 5.75 Å². The maximum Gasteiger partial charge on any atom is 0.319 e. The van der Waals surface area contributed by atoms with Gasteiger partial charge in [-0.2, -0.15) is 0 Å². The number of hydrogen-bond donors (Lipinski definition) is 0. The molecule has 1 aromatic carbocycles. The minimum Gasteiger partial charge on any atom is -0.482 e. The van der Waals surface area contributed by atoms with E-state index in [1.165, 1.54) is 0 Å². The highest BCUT2D eigenvalue weighted by atomic mass is 35.5. The Bertz CT molecular complexity index is 660. The normalized spacial score (nSPS) is 18.2. The Morgan fingerprint density at radius 2 is 1.96 bits per heavy atom. The fraction of sp³-hybridized carbons (Fsp3) is 0.526. The Balaban J connectivity index is 1.71. The number of hydrogen-bond acceptors (Lipinski definition) is 2. The van der Waals surface area contributed by atoms with E-state index >= 15 is 0 Å². The number of halogens is 1. The van der Waals surface area contributed by atoms with E-state index in [1.807, 2.05) is 42.7 Å². The summed E-state index contributed by atoms with van der Waals surface area (Å²) in [5.74, 6) is 0.892. The summed E-state index contributed by atoms with van der Waals surface area (Å²) in [5.41, 5.74) is 1.75. The van der Waals surface area contributed by atoms with Crippen LogP contribution < -0.4 is 4.74 Å². The maximum atomic E-state index is 12.5. The van der Waals surface area contributed by atoms with Crippen LogP contribution in [0.3, 0.4) is 0 Å². The summed E-state index contributed by atoms with van der Waals surface area (Å²) in [5, 5.41) is 0.762. The van der Waals surface area contributed by atoms with Crippen LogP contribution in [0.4, 0.5) is 4.79 Å². The van der Waals surface area contributed by atoms with Crippen molar-refractivity contribution in [2.45, 2.75) is 39.2 Å². The molecule has 0 radical (unpaired) electrons. The number of amides is 2. The average molecular weight is 349 g/mol. The third-order valence-corrected chi connectivity index (χ3v) is 5.49. The molecule has 2 amide bonds. The zero-order valence-corrected chi connectivity index (χ0v) is 15.4. The van der Waals surface area contributed by atoms with E-state index in [-0.39, 0.29) is 11.6 Å². The highest BCUT2D eigenvalue weighted by Crippen LogP contribution is 2.39. The minimum atomic E-state index is -0.298. The lowest BCUT2D eigenvalue weighted by atomic mass is 9.88. The molecular weight excluding hydrogens is 324 g/mol. The molecule has 1 aromatic rings. The third kappa shape index (κ3) is 3.12. The lowest BCUT2D eigenvalue weighted by Gasteiger charge is -2.43. The van der Waals surface area contributed by atoms with Gasteiger partial charge < -0.3 is 14.5 Å². The number of benzene rings is 1. The van der Waals surface area contributed by atoms with E-state index in [0.29, 0.717) is 0 Å². The van der Waals surface area contributed by atoms with Gasteiger partial charge in [0, 0.05) is 49.6 Å². The molecule has 4 nitrogen and oxygen atoms in total. The molecule has 0 atom stereocenters. The Labute approximate surface area is 149 Å². The monoisotopic (exact) mass is 348 g/mol. The molecule has 1 fully saturated rings. The van der Waals surface area contributed by atoms with Gasteiger partial charge in [0.05, 0.1) is 0 Å². The summed E-state index contributed by atoms with van der Waals surface area (Å²) in [6.45, 7) is 8.97. The second-order valence-electron chi connectivity index (χ2n) is 6.58. The molecule has 3 rings (SSSR count). The van der Waals surface area contributed by atoms with Gasteiger partial charge in [-0.15, -0.1) is 0 Å². The molecule has 0 saturated carbocycles. The highest BCUT2D eigenvalue weighted by Gasteiger charge is 2.38. The molecule has 2 heterocycles. The number of carbonyl (C=O) groups is 1. The van der Waals surface area contributed by atoms with Crippen LogP contribution in [0, 0.1) is 6.92 Å². The van der Waals surface area contributed by atoms with Gasteiger partial charge in [0.1, 0.15) is 11.4 Å². The van der Waals surface area contributed by atoms with E-state index in [9.17, 15) is 4.79 Å². The van der Waals surface area contributed by atoms with Gasteiger partial charge in [-0.05, 0) is 44.5 Å². The van der Waals surface area contributed by atoms with Crippen molar-refractivity contribution >= 4 is 23.7 Å². The van der Waals surface area contributed by atoms with Gasteiger partial charge >= 0.3 is 6.03 Å². The number of ether oxygens (including phenoxy) is 1. The second-order valence-corrected chi connectivity index (χ2v) is 6.99. The summed E-state index contributed by atoms with van der Waals surface area (Å²) < 4.78 is 6.34. The van der Waals surface area contributed by atoms with Crippen LogP contribution in [0.2, 0.25) is 5.02 Å². The number of rotatable bonds is 2. The first kappa shape index (κ1) is 17.2. The Morgan fingerprint density at radius 1 is 1.29 bits per heavy atom. The molecule has 1 saturated heterocycles. The van der Waals surface area contributed by atoms with Crippen molar-refractivity contribution < 1.29 is 9.53 Å². The summed E-state index contributed by atoms with van der Waals surface area (Å²) >= 11 is 6.20. The molecule has 0 aromatic heterocycles. The third-order valence-electron chi connectivity index (χ3n) is 5.09. The highest BCUT2D eigenvalue weighted by molar-refractivity contribution is 6.31. The quantitative estimate of drug-likeness (QED) is 0.796.